The van der Waals surface area contributed by atoms with E-state index in [1.165, 1.54) is 0 Å². The van der Waals surface area contributed by atoms with Crippen LogP contribution in [0, 0.1) is 0 Å². The SMILES string of the molecule is Nc1nc(-c2cccc(OCc3ccccc3)c2)nc(N2CCOCC2)n1. The summed E-state index contributed by atoms with van der Waals surface area (Å²) in [5.41, 5.74) is 7.87. The Bertz CT molecular complexity index is 898. The first-order valence-corrected chi connectivity index (χ1v) is 8.89. The molecule has 2 N–H and O–H groups in total. The van der Waals surface area contributed by atoms with E-state index >= 15 is 0 Å². The Morgan fingerprint density at radius 3 is 2.59 bits per heavy atom. The number of nitrogens with zero attached hydrogens (tertiary/aromatic N) is 4. The molecular formula is C20H21N5O2. The smallest absolute Gasteiger partial charge is 0.230 e. The van der Waals surface area contributed by atoms with Gasteiger partial charge in [-0.1, -0.05) is 42.5 Å². The van der Waals surface area contributed by atoms with E-state index in [1.807, 2.05) is 54.6 Å². The summed E-state index contributed by atoms with van der Waals surface area (Å²) in [4.78, 5) is 15.2. The lowest BCUT2D eigenvalue weighted by molar-refractivity contribution is 0.122. The van der Waals surface area contributed by atoms with Gasteiger partial charge in [-0.2, -0.15) is 15.0 Å². The molecule has 0 radical (unpaired) electrons. The van der Waals surface area contributed by atoms with E-state index in [0.29, 0.717) is 31.6 Å². The average Bonchev–Trinajstić information content (AvgIpc) is 2.73. The summed E-state index contributed by atoms with van der Waals surface area (Å²) in [7, 11) is 0. The molecule has 1 aromatic heterocycles. The number of hydrogen-bond donors (Lipinski definition) is 1. The van der Waals surface area contributed by atoms with Gasteiger partial charge in [0.1, 0.15) is 12.4 Å². The van der Waals surface area contributed by atoms with Crippen molar-refractivity contribution in [3.8, 4) is 17.1 Å². The van der Waals surface area contributed by atoms with Gasteiger partial charge in [-0.15, -0.1) is 0 Å². The molecule has 0 saturated carbocycles. The van der Waals surface area contributed by atoms with Crippen LogP contribution in [-0.4, -0.2) is 41.3 Å². The highest BCUT2D eigenvalue weighted by atomic mass is 16.5. The molecule has 7 heteroatoms. The van der Waals surface area contributed by atoms with E-state index in [-0.39, 0.29) is 5.95 Å². The summed E-state index contributed by atoms with van der Waals surface area (Å²) in [5.74, 6) is 2.07. The number of nitrogen functional groups attached to an aromatic ring is 1. The van der Waals surface area contributed by atoms with Crippen molar-refractivity contribution in [3.05, 3.63) is 60.2 Å². The number of morpholine rings is 1. The molecule has 0 amide bonds. The van der Waals surface area contributed by atoms with Gasteiger partial charge in [-0.3, -0.25) is 0 Å². The number of anilines is 2. The molecule has 0 aliphatic carbocycles. The van der Waals surface area contributed by atoms with Gasteiger partial charge in [0.25, 0.3) is 0 Å². The number of nitrogens with two attached hydrogens (primary N) is 1. The van der Waals surface area contributed by atoms with E-state index < -0.39 is 0 Å². The second-order valence-electron chi connectivity index (χ2n) is 6.22. The van der Waals surface area contributed by atoms with Crippen LogP contribution < -0.4 is 15.4 Å². The maximum absolute atomic E-state index is 5.92. The molecule has 3 aromatic rings. The maximum atomic E-state index is 5.92. The van der Waals surface area contributed by atoms with Gasteiger partial charge in [0.2, 0.25) is 11.9 Å². The van der Waals surface area contributed by atoms with Crippen molar-refractivity contribution in [1.82, 2.24) is 15.0 Å². The normalized spacial score (nSPS) is 14.1. The first-order chi connectivity index (χ1) is 13.3. The van der Waals surface area contributed by atoms with Gasteiger partial charge in [0, 0.05) is 18.7 Å². The Hall–Kier alpha value is -3.19. The topological polar surface area (TPSA) is 86.4 Å². The Morgan fingerprint density at radius 2 is 1.78 bits per heavy atom. The van der Waals surface area contributed by atoms with Crippen LogP contribution in [0.25, 0.3) is 11.4 Å². The number of rotatable bonds is 5. The number of aromatic nitrogens is 3. The third-order valence-electron chi connectivity index (χ3n) is 4.28. The van der Waals surface area contributed by atoms with Crippen LogP contribution in [0.4, 0.5) is 11.9 Å². The van der Waals surface area contributed by atoms with Gasteiger partial charge in [-0.25, -0.2) is 0 Å². The summed E-state index contributed by atoms with van der Waals surface area (Å²) in [5, 5.41) is 0. The average molecular weight is 363 g/mol. The molecule has 7 nitrogen and oxygen atoms in total. The third-order valence-corrected chi connectivity index (χ3v) is 4.28. The monoisotopic (exact) mass is 363 g/mol. The molecule has 0 bridgehead atoms. The summed E-state index contributed by atoms with van der Waals surface area (Å²) < 4.78 is 11.3. The fraction of sp³-hybridized carbons (Fsp3) is 0.250. The molecular weight excluding hydrogens is 342 g/mol. The molecule has 1 aliphatic heterocycles. The molecule has 1 fully saturated rings. The molecule has 4 rings (SSSR count). The summed E-state index contributed by atoms with van der Waals surface area (Å²) in [6.07, 6.45) is 0. The lowest BCUT2D eigenvalue weighted by atomic mass is 10.2. The highest BCUT2D eigenvalue weighted by molar-refractivity contribution is 5.60. The minimum Gasteiger partial charge on any atom is -0.489 e. The van der Waals surface area contributed by atoms with E-state index in [2.05, 4.69) is 19.9 Å². The van der Waals surface area contributed by atoms with E-state index in [1.54, 1.807) is 0 Å². The fourth-order valence-electron chi connectivity index (χ4n) is 2.88. The largest absolute Gasteiger partial charge is 0.489 e. The zero-order valence-electron chi connectivity index (χ0n) is 14.9. The highest BCUT2D eigenvalue weighted by Crippen LogP contribution is 2.24. The van der Waals surface area contributed by atoms with Gasteiger partial charge >= 0.3 is 0 Å². The molecule has 0 atom stereocenters. The molecule has 2 aromatic carbocycles. The number of ether oxygens (including phenoxy) is 2. The molecule has 27 heavy (non-hydrogen) atoms. The van der Waals surface area contributed by atoms with E-state index in [4.69, 9.17) is 15.2 Å². The predicted molar refractivity (Wildman–Crippen MR) is 103 cm³/mol. The van der Waals surface area contributed by atoms with Crippen LogP contribution in [0.15, 0.2) is 54.6 Å². The van der Waals surface area contributed by atoms with E-state index in [9.17, 15) is 0 Å². The van der Waals surface area contributed by atoms with Crippen molar-refractivity contribution < 1.29 is 9.47 Å². The van der Waals surface area contributed by atoms with Gasteiger partial charge in [0.05, 0.1) is 13.2 Å². The number of benzene rings is 2. The van der Waals surface area contributed by atoms with E-state index in [0.717, 1.165) is 30.0 Å². The molecule has 1 aliphatic rings. The van der Waals surface area contributed by atoms with Crippen LogP contribution in [-0.2, 0) is 11.3 Å². The first-order valence-electron chi connectivity index (χ1n) is 8.89. The van der Waals surface area contributed by atoms with Crippen molar-refractivity contribution >= 4 is 11.9 Å². The fourth-order valence-corrected chi connectivity index (χ4v) is 2.88. The zero-order valence-corrected chi connectivity index (χ0v) is 14.9. The minimum atomic E-state index is 0.206. The lowest BCUT2D eigenvalue weighted by Gasteiger charge is -2.26. The van der Waals surface area contributed by atoms with Crippen molar-refractivity contribution in [2.75, 3.05) is 36.9 Å². The first kappa shape index (κ1) is 17.2. The van der Waals surface area contributed by atoms with Crippen LogP contribution >= 0.6 is 0 Å². The quantitative estimate of drug-likeness (QED) is 0.745. The Morgan fingerprint density at radius 1 is 0.963 bits per heavy atom. The van der Waals surface area contributed by atoms with Gasteiger partial charge in [-0.05, 0) is 17.7 Å². The maximum Gasteiger partial charge on any atom is 0.230 e. The summed E-state index contributed by atoms with van der Waals surface area (Å²) >= 11 is 0. The highest BCUT2D eigenvalue weighted by Gasteiger charge is 2.16. The van der Waals surface area contributed by atoms with Crippen LogP contribution in [0.1, 0.15) is 5.56 Å². The zero-order chi connectivity index (χ0) is 18.5. The third kappa shape index (κ3) is 4.32. The minimum absolute atomic E-state index is 0.206. The molecule has 2 heterocycles. The van der Waals surface area contributed by atoms with Crippen molar-refractivity contribution in [3.63, 3.8) is 0 Å². The Balaban J connectivity index is 1.55. The second kappa shape index (κ2) is 8.01. The van der Waals surface area contributed by atoms with Crippen LogP contribution in [0.5, 0.6) is 5.75 Å². The van der Waals surface area contributed by atoms with Crippen molar-refractivity contribution in [1.29, 1.82) is 0 Å². The molecule has 0 unspecified atom stereocenters. The predicted octanol–water partition coefficient (Wildman–Crippen LogP) is 2.54. The Labute approximate surface area is 157 Å². The Kier molecular flexibility index (Phi) is 5.11. The number of hydrogen-bond acceptors (Lipinski definition) is 7. The molecule has 138 valence electrons. The van der Waals surface area contributed by atoms with Crippen LogP contribution in [0.2, 0.25) is 0 Å². The molecule has 0 spiro atoms. The lowest BCUT2D eigenvalue weighted by Crippen LogP contribution is -2.37. The molecule has 1 saturated heterocycles. The summed E-state index contributed by atoms with van der Waals surface area (Å²) in [6, 6.07) is 17.7. The summed E-state index contributed by atoms with van der Waals surface area (Å²) in [6.45, 7) is 3.29. The van der Waals surface area contributed by atoms with Crippen LogP contribution in [0.3, 0.4) is 0 Å². The standard InChI is InChI=1S/C20H21N5O2/c21-19-22-18(23-20(24-19)25-9-11-26-12-10-25)16-7-4-8-17(13-16)27-14-15-5-2-1-3-6-15/h1-8,13H,9-12,14H2,(H2,21,22,23,24). The van der Waals surface area contributed by atoms with Gasteiger partial charge < -0.3 is 20.1 Å². The van der Waals surface area contributed by atoms with Crippen molar-refractivity contribution in [2.45, 2.75) is 6.61 Å². The van der Waals surface area contributed by atoms with Crippen molar-refractivity contribution in [2.24, 2.45) is 0 Å². The second-order valence-corrected chi connectivity index (χ2v) is 6.22. The van der Waals surface area contributed by atoms with Gasteiger partial charge in [0.15, 0.2) is 5.82 Å².